The summed E-state index contributed by atoms with van der Waals surface area (Å²) in [6.07, 6.45) is 83.4. The summed E-state index contributed by atoms with van der Waals surface area (Å²) in [4.78, 5) is 12.5. The molecule has 0 aliphatic heterocycles. The first kappa shape index (κ1) is 67.6. The summed E-state index contributed by atoms with van der Waals surface area (Å²) in [7, 11) is 0. The summed E-state index contributed by atoms with van der Waals surface area (Å²) in [6.45, 7) is 4.34. The van der Waals surface area contributed by atoms with Crippen molar-refractivity contribution in [2.24, 2.45) is 0 Å². The predicted octanol–water partition coefficient (Wildman–Crippen LogP) is 21.2. The molecule has 0 aromatic carbocycles. The Morgan fingerprint density at radius 1 is 0.348 bits per heavy atom. The molecule has 0 aliphatic rings. The van der Waals surface area contributed by atoms with Crippen molar-refractivity contribution in [1.82, 2.24) is 5.32 Å². The van der Waals surface area contributed by atoms with Gasteiger partial charge in [0.1, 0.15) is 0 Å². The van der Waals surface area contributed by atoms with Gasteiger partial charge in [0.25, 0.3) is 0 Å². The van der Waals surface area contributed by atoms with Gasteiger partial charge in [-0.15, -0.1) is 0 Å². The molecule has 3 N–H and O–H groups in total. The van der Waals surface area contributed by atoms with Crippen LogP contribution in [0.5, 0.6) is 0 Å². The normalized spacial score (nSPS) is 12.9. The number of rotatable bonds is 59. The third-order valence-electron chi connectivity index (χ3n) is 14.9. The predicted molar refractivity (Wildman–Crippen MR) is 308 cm³/mol. The highest BCUT2D eigenvalue weighted by molar-refractivity contribution is 5.76. The lowest BCUT2D eigenvalue weighted by molar-refractivity contribution is -0.123. The lowest BCUT2D eigenvalue weighted by atomic mass is 10.0. The third kappa shape index (κ3) is 57.4. The van der Waals surface area contributed by atoms with Crippen LogP contribution in [0, 0.1) is 0 Å². The first-order valence-electron chi connectivity index (χ1n) is 31.7. The summed E-state index contributed by atoms with van der Waals surface area (Å²) in [5.41, 5.74) is 0. The highest BCUT2D eigenvalue weighted by Crippen LogP contribution is 2.18. The fourth-order valence-corrected chi connectivity index (χ4v) is 10.0. The van der Waals surface area contributed by atoms with E-state index in [0.717, 1.165) is 32.1 Å². The first-order chi connectivity index (χ1) is 34.2. The van der Waals surface area contributed by atoms with E-state index in [1.165, 1.54) is 302 Å². The second-order valence-corrected chi connectivity index (χ2v) is 21.8. The SMILES string of the molecule is CCCCCCC/C=C\C/C=C\CCCCCCCCCCCCCCCCCCCCCCCC(=O)NC(CO)C(O)/C=C/CCCCCCCCCCCCCCCCCCCCCCCC. The third-order valence-corrected chi connectivity index (χ3v) is 14.9. The van der Waals surface area contributed by atoms with Crippen molar-refractivity contribution in [3.8, 4) is 0 Å². The number of nitrogens with one attached hydrogen (secondary N) is 1. The minimum Gasteiger partial charge on any atom is -0.394 e. The van der Waals surface area contributed by atoms with Gasteiger partial charge in [-0.1, -0.05) is 333 Å². The number of allylic oxidation sites excluding steroid dienone is 5. The van der Waals surface area contributed by atoms with Crippen LogP contribution in [0.4, 0.5) is 0 Å². The Morgan fingerprint density at radius 3 is 0.870 bits per heavy atom. The van der Waals surface area contributed by atoms with Crippen LogP contribution >= 0.6 is 0 Å². The number of unbranched alkanes of at least 4 members (excludes halogenated alkanes) is 48. The number of aliphatic hydroxyl groups excluding tert-OH is 2. The molecule has 2 unspecified atom stereocenters. The van der Waals surface area contributed by atoms with E-state index < -0.39 is 12.1 Å². The highest BCUT2D eigenvalue weighted by Gasteiger charge is 2.18. The molecule has 0 rings (SSSR count). The molecule has 0 spiro atoms. The number of hydrogen-bond acceptors (Lipinski definition) is 3. The largest absolute Gasteiger partial charge is 0.394 e. The molecule has 0 aliphatic carbocycles. The highest BCUT2D eigenvalue weighted by atomic mass is 16.3. The van der Waals surface area contributed by atoms with E-state index in [1.54, 1.807) is 6.08 Å². The molecular formula is C65H125NO3. The van der Waals surface area contributed by atoms with E-state index in [9.17, 15) is 15.0 Å². The molecule has 2 atom stereocenters. The maximum absolute atomic E-state index is 12.5. The van der Waals surface area contributed by atoms with E-state index >= 15 is 0 Å². The van der Waals surface area contributed by atoms with Crippen molar-refractivity contribution in [2.75, 3.05) is 6.61 Å². The molecule has 69 heavy (non-hydrogen) atoms. The Morgan fingerprint density at radius 2 is 0.594 bits per heavy atom. The summed E-state index contributed by atoms with van der Waals surface area (Å²) in [5, 5.41) is 23.2. The average molecular weight is 969 g/mol. The molecular weight excluding hydrogens is 843 g/mol. The number of carbonyl (C=O) groups is 1. The van der Waals surface area contributed by atoms with Gasteiger partial charge in [-0.05, 0) is 51.4 Å². The zero-order chi connectivity index (χ0) is 49.9. The lowest BCUT2D eigenvalue weighted by Crippen LogP contribution is -2.45. The van der Waals surface area contributed by atoms with Crippen molar-refractivity contribution < 1.29 is 15.0 Å². The topological polar surface area (TPSA) is 69.6 Å². The lowest BCUT2D eigenvalue weighted by Gasteiger charge is -2.20. The van der Waals surface area contributed by atoms with Crippen LogP contribution in [-0.4, -0.2) is 34.9 Å². The zero-order valence-corrected chi connectivity index (χ0v) is 47.1. The minimum atomic E-state index is -0.839. The maximum Gasteiger partial charge on any atom is 0.220 e. The van der Waals surface area contributed by atoms with E-state index in [1.807, 2.05) is 6.08 Å². The standard InChI is InChI=1S/C65H125NO3/c1-3-5-7-9-11-13-15-17-19-21-23-25-27-29-30-31-32-33-34-35-36-37-39-41-43-45-47-49-51-53-55-57-59-61-65(69)66-63(62-67)64(68)60-58-56-54-52-50-48-46-44-42-40-38-28-26-24-22-20-18-16-14-12-10-8-6-4-2/h15,17,21,23,58,60,63-64,67-68H,3-14,16,18-20,22,24-57,59,61-62H2,1-2H3,(H,66,69)/b17-15-,23-21-,60-58+. The van der Waals surface area contributed by atoms with Crippen molar-refractivity contribution in [2.45, 2.75) is 366 Å². The molecule has 1 amide bonds. The smallest absolute Gasteiger partial charge is 0.220 e. The molecule has 0 heterocycles. The molecule has 408 valence electrons. The van der Waals surface area contributed by atoms with Crippen LogP contribution in [0.15, 0.2) is 36.5 Å². The van der Waals surface area contributed by atoms with Crippen molar-refractivity contribution in [3.05, 3.63) is 36.5 Å². The van der Waals surface area contributed by atoms with Crippen LogP contribution in [0.25, 0.3) is 0 Å². The van der Waals surface area contributed by atoms with Gasteiger partial charge in [-0.25, -0.2) is 0 Å². The van der Waals surface area contributed by atoms with Crippen molar-refractivity contribution >= 4 is 5.91 Å². The van der Waals surface area contributed by atoms with E-state index in [2.05, 4.69) is 43.5 Å². The summed E-state index contributed by atoms with van der Waals surface area (Å²) in [6, 6.07) is -0.621. The molecule has 0 aromatic heterocycles. The second-order valence-electron chi connectivity index (χ2n) is 21.8. The summed E-state index contributed by atoms with van der Waals surface area (Å²) in [5.74, 6) is -0.0566. The van der Waals surface area contributed by atoms with Gasteiger partial charge in [-0.2, -0.15) is 0 Å². The van der Waals surface area contributed by atoms with Crippen LogP contribution in [0.2, 0.25) is 0 Å². The number of amides is 1. The van der Waals surface area contributed by atoms with Gasteiger partial charge in [-0.3, -0.25) is 4.79 Å². The number of carbonyl (C=O) groups excluding carboxylic acids is 1. The Balaban J connectivity index is 3.43. The molecule has 0 aromatic rings. The fraction of sp³-hybridized carbons (Fsp3) is 0.892. The maximum atomic E-state index is 12.5. The van der Waals surface area contributed by atoms with Crippen LogP contribution in [0.3, 0.4) is 0 Å². The molecule has 0 saturated heterocycles. The van der Waals surface area contributed by atoms with Gasteiger partial charge in [0.15, 0.2) is 0 Å². The molecule has 0 radical (unpaired) electrons. The summed E-state index contributed by atoms with van der Waals surface area (Å²) < 4.78 is 0. The minimum absolute atomic E-state index is 0.0566. The number of aliphatic hydroxyl groups is 2. The van der Waals surface area contributed by atoms with Crippen molar-refractivity contribution in [1.29, 1.82) is 0 Å². The Bertz CT molecular complexity index is 1050. The van der Waals surface area contributed by atoms with Crippen molar-refractivity contribution in [3.63, 3.8) is 0 Å². The molecule has 4 nitrogen and oxygen atoms in total. The fourth-order valence-electron chi connectivity index (χ4n) is 10.0. The summed E-state index contributed by atoms with van der Waals surface area (Å²) >= 11 is 0. The van der Waals surface area contributed by atoms with Crippen LogP contribution in [-0.2, 0) is 4.79 Å². The Labute approximate surface area is 433 Å². The average Bonchev–Trinajstić information content (AvgIpc) is 3.35. The molecule has 4 heteroatoms. The zero-order valence-electron chi connectivity index (χ0n) is 47.1. The molecule has 0 fully saturated rings. The van der Waals surface area contributed by atoms with E-state index in [0.29, 0.717) is 6.42 Å². The molecule has 0 saturated carbocycles. The Kier molecular flexibility index (Phi) is 59.7. The van der Waals surface area contributed by atoms with Gasteiger partial charge >= 0.3 is 0 Å². The van der Waals surface area contributed by atoms with Crippen LogP contribution in [0.1, 0.15) is 354 Å². The van der Waals surface area contributed by atoms with Gasteiger partial charge in [0.05, 0.1) is 18.8 Å². The number of hydrogen-bond donors (Lipinski definition) is 3. The molecule has 0 bridgehead atoms. The van der Waals surface area contributed by atoms with E-state index in [-0.39, 0.29) is 12.5 Å². The monoisotopic (exact) mass is 968 g/mol. The van der Waals surface area contributed by atoms with Crippen LogP contribution < -0.4 is 5.32 Å². The Hall–Kier alpha value is -1.39. The van der Waals surface area contributed by atoms with E-state index in [4.69, 9.17) is 0 Å². The second kappa shape index (κ2) is 60.9. The van der Waals surface area contributed by atoms with Gasteiger partial charge < -0.3 is 15.5 Å². The van der Waals surface area contributed by atoms with Gasteiger partial charge in [0, 0.05) is 6.42 Å². The quantitative estimate of drug-likeness (QED) is 0.0420. The first-order valence-corrected chi connectivity index (χ1v) is 31.7. The van der Waals surface area contributed by atoms with Gasteiger partial charge in [0.2, 0.25) is 5.91 Å².